The summed E-state index contributed by atoms with van der Waals surface area (Å²) in [5, 5.41) is 7.66. The number of hydrogen-bond donors (Lipinski definition) is 1. The Bertz CT molecular complexity index is 884. The predicted octanol–water partition coefficient (Wildman–Crippen LogP) is 5.07. The van der Waals surface area contributed by atoms with Crippen LogP contribution in [0.2, 0.25) is 0 Å². The Morgan fingerprint density at radius 3 is 2.48 bits per heavy atom. The van der Waals surface area contributed by atoms with Gasteiger partial charge in [0.15, 0.2) is 0 Å². The monoisotopic (exact) mass is 430 g/mol. The molecule has 2 aromatic heterocycles. The van der Waals surface area contributed by atoms with E-state index in [0.717, 1.165) is 0 Å². The van der Waals surface area contributed by atoms with Crippen LogP contribution in [-0.2, 0) is 4.74 Å². The molecular weight excluding hydrogens is 405 g/mol. The van der Waals surface area contributed by atoms with Gasteiger partial charge < -0.3 is 15.0 Å². The van der Waals surface area contributed by atoms with Crippen LogP contribution in [0.5, 0.6) is 0 Å². The number of amides is 1. The fraction of sp³-hybridized carbons (Fsp3) is 0.579. The van der Waals surface area contributed by atoms with Gasteiger partial charge in [0.2, 0.25) is 0 Å². The Hall–Kier alpha value is -2.10. The molecule has 0 aromatic carbocycles. The lowest BCUT2D eigenvalue weighted by atomic mass is 10.1. The standard InChI is InChI=1S/C19H25F3N4O2S/c1-12-16(29-19(20,21)22)14-6-5-7-15(26(14)24-12)23-13-8-10-25(11-9-13)17(27)28-18(2,3)4/h5-7,13,23H,8-11H2,1-4H3. The molecule has 0 radical (unpaired) electrons. The van der Waals surface area contributed by atoms with Crippen molar-refractivity contribution in [1.29, 1.82) is 0 Å². The third-order valence-electron chi connectivity index (χ3n) is 4.49. The van der Waals surface area contributed by atoms with Crippen LogP contribution in [0.3, 0.4) is 0 Å². The minimum atomic E-state index is -4.37. The van der Waals surface area contributed by atoms with Gasteiger partial charge in [-0.3, -0.25) is 0 Å². The van der Waals surface area contributed by atoms with Gasteiger partial charge in [-0.15, -0.1) is 0 Å². The maximum absolute atomic E-state index is 12.9. The normalized spacial score (nSPS) is 16.3. The molecule has 3 heterocycles. The van der Waals surface area contributed by atoms with Gasteiger partial charge >= 0.3 is 11.6 Å². The molecule has 1 aliphatic heterocycles. The number of aryl methyl sites for hydroxylation is 1. The molecule has 10 heteroatoms. The molecule has 6 nitrogen and oxygen atoms in total. The van der Waals surface area contributed by atoms with Crippen molar-refractivity contribution in [3.8, 4) is 0 Å². The zero-order chi connectivity index (χ0) is 21.4. The number of thioether (sulfide) groups is 1. The number of halogens is 3. The number of rotatable bonds is 3. The van der Waals surface area contributed by atoms with E-state index in [2.05, 4.69) is 10.4 Å². The number of ether oxygens (including phenoxy) is 1. The van der Waals surface area contributed by atoms with Crippen molar-refractivity contribution in [2.45, 2.75) is 62.6 Å². The molecule has 1 aliphatic rings. The molecule has 0 spiro atoms. The van der Waals surface area contributed by atoms with E-state index in [1.54, 1.807) is 30.0 Å². The smallest absolute Gasteiger partial charge is 0.444 e. The van der Waals surface area contributed by atoms with Crippen LogP contribution in [-0.4, -0.2) is 50.8 Å². The summed E-state index contributed by atoms with van der Waals surface area (Å²) in [5.74, 6) is 0.635. The lowest BCUT2D eigenvalue weighted by molar-refractivity contribution is -0.0328. The van der Waals surface area contributed by atoms with Crippen LogP contribution in [0, 0.1) is 6.92 Å². The zero-order valence-electron chi connectivity index (χ0n) is 16.8. The first kappa shape index (κ1) is 21.6. The summed E-state index contributed by atoms with van der Waals surface area (Å²) in [6, 6.07) is 5.23. The van der Waals surface area contributed by atoms with E-state index in [1.165, 1.54) is 4.52 Å². The summed E-state index contributed by atoms with van der Waals surface area (Å²) in [6.07, 6.45) is 1.09. The van der Waals surface area contributed by atoms with Crippen molar-refractivity contribution in [1.82, 2.24) is 14.5 Å². The molecule has 0 aliphatic carbocycles. The molecule has 160 valence electrons. The molecule has 1 fully saturated rings. The Kier molecular flexibility index (Phi) is 5.93. The van der Waals surface area contributed by atoms with Crippen molar-refractivity contribution >= 4 is 29.2 Å². The van der Waals surface area contributed by atoms with Gasteiger partial charge in [-0.2, -0.15) is 18.3 Å². The molecule has 1 N–H and O–H groups in total. The number of piperidine rings is 1. The first-order valence-corrected chi connectivity index (χ1v) is 10.2. The maximum atomic E-state index is 12.9. The minimum Gasteiger partial charge on any atom is -0.444 e. The van der Waals surface area contributed by atoms with Gasteiger partial charge in [-0.25, -0.2) is 9.31 Å². The average molecular weight is 430 g/mol. The molecule has 1 saturated heterocycles. The molecule has 0 unspecified atom stereocenters. The maximum Gasteiger partial charge on any atom is 0.446 e. The van der Waals surface area contributed by atoms with Crippen molar-refractivity contribution < 1.29 is 22.7 Å². The minimum absolute atomic E-state index is 0.0857. The first-order chi connectivity index (χ1) is 13.4. The van der Waals surface area contributed by atoms with Crippen molar-refractivity contribution in [3.63, 3.8) is 0 Å². The molecular formula is C19H25F3N4O2S. The van der Waals surface area contributed by atoms with Crippen LogP contribution in [0.1, 0.15) is 39.3 Å². The van der Waals surface area contributed by atoms with E-state index in [9.17, 15) is 18.0 Å². The van der Waals surface area contributed by atoms with E-state index in [-0.39, 0.29) is 28.8 Å². The number of alkyl halides is 3. The Labute approximate surface area is 171 Å². The van der Waals surface area contributed by atoms with E-state index < -0.39 is 11.1 Å². The van der Waals surface area contributed by atoms with Gasteiger partial charge in [-0.1, -0.05) is 6.07 Å². The van der Waals surface area contributed by atoms with Gasteiger partial charge in [0.05, 0.1) is 16.1 Å². The second kappa shape index (κ2) is 7.97. The average Bonchev–Trinajstić information content (AvgIpc) is 2.89. The lowest BCUT2D eigenvalue weighted by Crippen LogP contribution is -2.44. The number of anilines is 1. The second-order valence-corrected chi connectivity index (χ2v) is 9.13. The van der Waals surface area contributed by atoms with Crippen molar-refractivity contribution in [2.75, 3.05) is 18.4 Å². The lowest BCUT2D eigenvalue weighted by Gasteiger charge is -2.34. The van der Waals surface area contributed by atoms with Crippen molar-refractivity contribution in [2.24, 2.45) is 0 Å². The van der Waals surface area contributed by atoms with Crippen LogP contribution in [0.4, 0.5) is 23.8 Å². The van der Waals surface area contributed by atoms with Gasteiger partial charge in [0.25, 0.3) is 0 Å². The number of pyridine rings is 1. The quantitative estimate of drug-likeness (QED) is 0.690. The summed E-state index contributed by atoms with van der Waals surface area (Å²) in [7, 11) is 0. The summed E-state index contributed by atoms with van der Waals surface area (Å²) >= 11 is -0.143. The van der Waals surface area contributed by atoms with Crippen LogP contribution in [0.15, 0.2) is 23.1 Å². The SMILES string of the molecule is Cc1nn2c(NC3CCN(C(=O)OC(C)(C)C)CC3)cccc2c1SC(F)(F)F. The number of hydrogen-bond acceptors (Lipinski definition) is 5. The summed E-state index contributed by atoms with van der Waals surface area (Å²) in [6.45, 7) is 8.17. The van der Waals surface area contributed by atoms with Crippen LogP contribution < -0.4 is 5.32 Å². The van der Waals surface area contributed by atoms with Gasteiger partial charge in [-0.05, 0) is 64.4 Å². The topological polar surface area (TPSA) is 58.9 Å². The first-order valence-electron chi connectivity index (χ1n) is 9.41. The number of carbonyl (C=O) groups is 1. The Morgan fingerprint density at radius 1 is 1.24 bits per heavy atom. The highest BCUT2D eigenvalue weighted by molar-refractivity contribution is 8.00. The molecule has 0 atom stereocenters. The molecule has 0 bridgehead atoms. The molecule has 29 heavy (non-hydrogen) atoms. The molecule has 1 amide bonds. The number of nitrogens with zero attached hydrogens (tertiary/aromatic N) is 3. The Balaban J connectivity index is 1.69. The van der Waals surface area contributed by atoms with E-state index in [0.29, 0.717) is 43.0 Å². The highest BCUT2D eigenvalue weighted by Crippen LogP contribution is 2.41. The summed E-state index contributed by atoms with van der Waals surface area (Å²) in [4.78, 5) is 14.0. The number of nitrogens with one attached hydrogen (secondary N) is 1. The summed E-state index contributed by atoms with van der Waals surface area (Å²) < 4.78 is 45.5. The van der Waals surface area contributed by atoms with E-state index in [4.69, 9.17) is 4.74 Å². The number of aromatic nitrogens is 2. The Morgan fingerprint density at radius 2 is 1.90 bits per heavy atom. The largest absolute Gasteiger partial charge is 0.446 e. The fourth-order valence-corrected chi connectivity index (χ4v) is 3.93. The van der Waals surface area contributed by atoms with Crippen LogP contribution in [0.25, 0.3) is 5.52 Å². The van der Waals surface area contributed by atoms with Crippen molar-refractivity contribution in [3.05, 3.63) is 23.9 Å². The highest BCUT2D eigenvalue weighted by atomic mass is 32.2. The fourth-order valence-electron chi connectivity index (χ4n) is 3.25. The third-order valence-corrected chi connectivity index (χ3v) is 5.43. The number of likely N-dealkylation sites (tertiary alicyclic amines) is 1. The van der Waals surface area contributed by atoms with Gasteiger partial charge in [0.1, 0.15) is 11.4 Å². The number of carbonyl (C=O) groups excluding carboxylic acids is 1. The molecule has 3 rings (SSSR count). The second-order valence-electron chi connectivity index (χ2n) is 8.06. The van der Waals surface area contributed by atoms with Gasteiger partial charge in [0, 0.05) is 19.1 Å². The van der Waals surface area contributed by atoms with E-state index >= 15 is 0 Å². The third kappa shape index (κ3) is 5.49. The molecule has 2 aromatic rings. The summed E-state index contributed by atoms with van der Waals surface area (Å²) in [5.41, 5.74) is -4.15. The zero-order valence-corrected chi connectivity index (χ0v) is 17.7. The predicted molar refractivity (Wildman–Crippen MR) is 106 cm³/mol. The number of fused-ring (bicyclic) bond motifs is 1. The molecule has 0 saturated carbocycles. The highest BCUT2D eigenvalue weighted by Gasteiger charge is 2.32. The van der Waals surface area contributed by atoms with Crippen LogP contribution >= 0.6 is 11.8 Å². The van der Waals surface area contributed by atoms with E-state index in [1.807, 2.05) is 20.8 Å².